The van der Waals surface area contributed by atoms with Gasteiger partial charge in [-0.05, 0) is 12.8 Å². The molecule has 0 aliphatic carbocycles. The first kappa shape index (κ1) is 17.1. The zero-order valence-corrected chi connectivity index (χ0v) is 11.1. The van der Waals surface area contributed by atoms with Crippen molar-refractivity contribution in [2.75, 3.05) is 12.4 Å². The van der Waals surface area contributed by atoms with Crippen molar-refractivity contribution in [3.05, 3.63) is 0 Å². The molecule has 0 bridgehead atoms. The fraction of sp³-hybridized carbons (Fsp3) is 0.818. The summed E-state index contributed by atoms with van der Waals surface area (Å²) in [6.45, 7) is -0.308. The van der Waals surface area contributed by atoms with Crippen LogP contribution in [-0.4, -0.2) is 47.2 Å². The summed E-state index contributed by atoms with van der Waals surface area (Å²) in [6, 6.07) is -1.31. The molecule has 9 heteroatoms. The van der Waals surface area contributed by atoms with Crippen LogP contribution in [0.3, 0.4) is 0 Å². The molecule has 1 aliphatic heterocycles. The van der Waals surface area contributed by atoms with Gasteiger partial charge in [0.25, 0.3) is 0 Å². The van der Waals surface area contributed by atoms with Crippen molar-refractivity contribution in [3.8, 4) is 0 Å². The van der Waals surface area contributed by atoms with Crippen LogP contribution in [-0.2, 0) is 9.59 Å². The lowest BCUT2D eigenvalue weighted by Gasteiger charge is -2.32. The zero-order valence-electron chi connectivity index (χ0n) is 10.4. The molecular formula is C11H13ClF5NO2. The van der Waals surface area contributed by atoms with Gasteiger partial charge in [0.15, 0.2) is 5.78 Å². The van der Waals surface area contributed by atoms with E-state index >= 15 is 0 Å². The molecule has 3 nitrogen and oxygen atoms in total. The van der Waals surface area contributed by atoms with Crippen LogP contribution in [0.1, 0.15) is 25.7 Å². The molecule has 20 heavy (non-hydrogen) atoms. The van der Waals surface area contributed by atoms with E-state index in [2.05, 4.69) is 0 Å². The highest BCUT2D eigenvalue weighted by Crippen LogP contribution is 2.38. The van der Waals surface area contributed by atoms with Crippen LogP contribution in [0.25, 0.3) is 0 Å². The summed E-state index contributed by atoms with van der Waals surface area (Å²) in [5.74, 6) is -9.14. The van der Waals surface area contributed by atoms with Gasteiger partial charge in [0.2, 0.25) is 0 Å². The molecule has 1 aliphatic rings. The molecular weight excluding hydrogens is 309 g/mol. The Labute approximate surface area is 117 Å². The minimum Gasteiger partial charge on any atom is -0.327 e. The normalized spacial score (nSPS) is 21.5. The first-order valence-electron chi connectivity index (χ1n) is 5.97. The average molecular weight is 322 g/mol. The lowest BCUT2D eigenvalue weighted by atomic mass is 10.1. The smallest absolute Gasteiger partial charge is 0.327 e. The Balaban J connectivity index is 3.05. The molecule has 1 amide bonds. The molecule has 0 saturated carbocycles. The molecule has 0 aromatic heterocycles. The number of carbonyl (C=O) groups is 2. The Hall–Kier alpha value is -0.920. The minimum absolute atomic E-state index is 0.0469. The Kier molecular flexibility index (Phi) is 5.34. The van der Waals surface area contributed by atoms with E-state index in [-0.39, 0.29) is 19.4 Å². The van der Waals surface area contributed by atoms with Crippen LogP contribution in [0.5, 0.6) is 0 Å². The van der Waals surface area contributed by atoms with Gasteiger partial charge in [-0.15, -0.1) is 11.6 Å². The number of ketones is 1. The van der Waals surface area contributed by atoms with Gasteiger partial charge in [0.05, 0.1) is 11.9 Å². The monoisotopic (exact) mass is 321 g/mol. The second-order valence-corrected chi connectivity index (χ2v) is 4.80. The van der Waals surface area contributed by atoms with Crippen LogP contribution in [0.2, 0.25) is 0 Å². The molecule has 1 heterocycles. The van der Waals surface area contributed by atoms with E-state index in [1.165, 1.54) is 0 Å². The molecule has 0 spiro atoms. The summed E-state index contributed by atoms with van der Waals surface area (Å²) in [5.41, 5.74) is 0. The van der Waals surface area contributed by atoms with Gasteiger partial charge >= 0.3 is 18.0 Å². The molecule has 0 N–H and O–H groups in total. The topological polar surface area (TPSA) is 37.4 Å². The summed E-state index contributed by atoms with van der Waals surface area (Å²) < 4.78 is 63.0. The predicted molar refractivity (Wildman–Crippen MR) is 60.7 cm³/mol. The van der Waals surface area contributed by atoms with Gasteiger partial charge in [0.1, 0.15) is 0 Å². The van der Waals surface area contributed by atoms with E-state index in [1.807, 2.05) is 0 Å². The van der Waals surface area contributed by atoms with Crippen LogP contribution in [0, 0.1) is 0 Å². The number of hydrogen-bond acceptors (Lipinski definition) is 2. The second-order valence-electron chi connectivity index (χ2n) is 4.54. The molecule has 1 saturated heterocycles. The van der Waals surface area contributed by atoms with Crippen molar-refractivity contribution in [1.29, 1.82) is 0 Å². The number of rotatable bonds is 3. The highest BCUT2D eigenvalue weighted by atomic mass is 35.5. The quantitative estimate of drug-likeness (QED) is 0.592. The lowest BCUT2D eigenvalue weighted by Crippen LogP contribution is -2.56. The molecule has 1 fully saturated rings. The van der Waals surface area contributed by atoms with E-state index in [0.29, 0.717) is 17.7 Å². The van der Waals surface area contributed by atoms with E-state index in [9.17, 15) is 31.5 Å². The number of alkyl halides is 6. The first-order chi connectivity index (χ1) is 9.13. The largest absolute Gasteiger partial charge is 0.463 e. The molecule has 1 rings (SSSR count). The number of halogens is 6. The number of carbonyl (C=O) groups excluding carboxylic acids is 2. The summed E-state index contributed by atoms with van der Waals surface area (Å²) in [6.07, 6.45) is -4.65. The van der Waals surface area contributed by atoms with Crippen LogP contribution < -0.4 is 0 Å². The lowest BCUT2D eigenvalue weighted by molar-refractivity contribution is -0.275. The number of amides is 1. The van der Waals surface area contributed by atoms with Crippen molar-refractivity contribution in [1.82, 2.24) is 4.90 Å². The van der Waals surface area contributed by atoms with Crippen LogP contribution >= 0.6 is 11.6 Å². The van der Waals surface area contributed by atoms with Crippen molar-refractivity contribution < 1.29 is 31.5 Å². The Morgan fingerprint density at radius 3 is 2.20 bits per heavy atom. The number of hydrogen-bond donors (Lipinski definition) is 0. The minimum atomic E-state index is -5.98. The maximum Gasteiger partial charge on any atom is 0.463 e. The van der Waals surface area contributed by atoms with Gasteiger partial charge < -0.3 is 4.90 Å². The third-order valence-corrected chi connectivity index (χ3v) is 3.41. The Morgan fingerprint density at radius 2 is 1.70 bits per heavy atom. The van der Waals surface area contributed by atoms with Crippen molar-refractivity contribution >= 4 is 23.3 Å². The van der Waals surface area contributed by atoms with Gasteiger partial charge in [-0.3, -0.25) is 9.59 Å². The van der Waals surface area contributed by atoms with E-state index in [1.54, 1.807) is 0 Å². The number of nitrogens with zero attached hydrogens (tertiary/aromatic N) is 1. The van der Waals surface area contributed by atoms with Crippen molar-refractivity contribution in [2.24, 2.45) is 0 Å². The average Bonchev–Trinajstić information content (AvgIpc) is 2.60. The molecule has 1 unspecified atom stereocenters. The van der Waals surface area contributed by atoms with E-state index in [4.69, 9.17) is 11.6 Å². The first-order valence-corrected chi connectivity index (χ1v) is 6.50. The van der Waals surface area contributed by atoms with Crippen LogP contribution in [0.4, 0.5) is 22.0 Å². The fourth-order valence-electron chi connectivity index (χ4n) is 2.08. The maximum atomic E-state index is 13.1. The third-order valence-electron chi connectivity index (χ3n) is 3.14. The van der Waals surface area contributed by atoms with Gasteiger partial charge in [-0.25, -0.2) is 0 Å². The van der Waals surface area contributed by atoms with Crippen LogP contribution in [0.15, 0.2) is 0 Å². The maximum absolute atomic E-state index is 13.1. The standard InChI is InChI=1S/C11H13ClF5NO2/c12-6-8(19)7-4-2-1-3-5-18(7)9(20)10(13,14)11(15,16)17/h7H,1-6H2. The third kappa shape index (κ3) is 3.39. The Bertz CT molecular complexity index is 385. The SMILES string of the molecule is O=C(CCl)C1CCCCCN1C(=O)C(F)(F)C(F)(F)F. The van der Waals surface area contributed by atoms with Gasteiger partial charge in [0, 0.05) is 6.54 Å². The second kappa shape index (κ2) is 6.24. The van der Waals surface area contributed by atoms with Gasteiger partial charge in [-0.1, -0.05) is 12.8 Å². The fourth-order valence-corrected chi connectivity index (χ4v) is 2.25. The van der Waals surface area contributed by atoms with Crippen molar-refractivity contribution in [3.63, 3.8) is 0 Å². The molecule has 0 aromatic carbocycles. The highest BCUT2D eigenvalue weighted by molar-refractivity contribution is 6.28. The number of likely N-dealkylation sites (tertiary alicyclic amines) is 1. The van der Waals surface area contributed by atoms with E-state index < -0.39 is 35.7 Å². The molecule has 0 radical (unpaired) electrons. The molecule has 1 atom stereocenters. The predicted octanol–water partition coefficient (Wildman–Crippen LogP) is 2.76. The Morgan fingerprint density at radius 1 is 1.10 bits per heavy atom. The molecule has 116 valence electrons. The summed E-state index contributed by atoms with van der Waals surface area (Å²) in [7, 11) is 0. The highest BCUT2D eigenvalue weighted by Gasteiger charge is 2.65. The van der Waals surface area contributed by atoms with Gasteiger partial charge in [-0.2, -0.15) is 22.0 Å². The summed E-state index contributed by atoms with van der Waals surface area (Å²) in [5, 5.41) is 0. The number of Topliss-reactive ketones (excluding diaryl/α,β-unsaturated/α-hetero) is 1. The zero-order chi connectivity index (χ0) is 15.6. The van der Waals surface area contributed by atoms with E-state index in [0.717, 1.165) is 0 Å². The summed E-state index contributed by atoms with van der Waals surface area (Å²) in [4.78, 5) is 23.4. The summed E-state index contributed by atoms with van der Waals surface area (Å²) >= 11 is 5.32. The molecule has 0 aromatic rings. The van der Waals surface area contributed by atoms with Crippen molar-refractivity contribution in [2.45, 2.75) is 43.8 Å².